The molecule has 0 saturated carbocycles. The summed E-state index contributed by atoms with van der Waals surface area (Å²) in [5.74, 6) is -2.24. The number of amides is 1. The molecule has 0 bridgehead atoms. The zero-order valence-electron chi connectivity index (χ0n) is 8.21. The fourth-order valence-corrected chi connectivity index (χ4v) is 0.861. The summed E-state index contributed by atoms with van der Waals surface area (Å²) in [5, 5.41) is 20.4. The number of carbonyl (C=O) groups excluding carboxylic acids is 2. The largest absolute Gasteiger partial charge is 0.492 e. The van der Waals surface area contributed by atoms with Gasteiger partial charge in [0.15, 0.2) is 0 Å². The van der Waals surface area contributed by atoms with Crippen LogP contribution in [0.15, 0.2) is 24.8 Å². The number of nitrogens with one attached hydrogen (secondary N) is 1. The molecule has 0 fully saturated rings. The normalized spacial score (nSPS) is 9.50. The van der Waals surface area contributed by atoms with Crippen LogP contribution < -0.4 is 10.2 Å². The number of carbonyl (C=O) groups is 2. The summed E-state index contributed by atoms with van der Waals surface area (Å²) in [6.07, 6.45) is 0.998. The lowest BCUT2D eigenvalue weighted by atomic mass is 10.5. The Kier molecular flexibility index (Phi) is 3.54. The van der Waals surface area contributed by atoms with Gasteiger partial charge >= 0.3 is 5.97 Å². The van der Waals surface area contributed by atoms with Crippen LogP contribution in [0, 0.1) is 0 Å². The van der Waals surface area contributed by atoms with Gasteiger partial charge in [-0.05, 0) is 6.08 Å². The van der Waals surface area contributed by atoms with Crippen molar-refractivity contribution >= 4 is 11.9 Å². The van der Waals surface area contributed by atoms with E-state index in [0.717, 1.165) is 18.2 Å². The molecule has 0 aliphatic heterocycles. The summed E-state index contributed by atoms with van der Waals surface area (Å²) in [4.78, 5) is 26.4. The molecule has 16 heavy (non-hydrogen) atoms. The molecule has 0 saturated heterocycles. The standard InChI is InChI=1S/C9H10N2O5/c1-2-6(12)10-5-9(15)16-11-7(13)3-4-8(11)14/h2-4,13-14H,1,5H2,(H,10,12). The van der Waals surface area contributed by atoms with E-state index in [1.54, 1.807) is 0 Å². The number of aromatic nitrogens is 1. The van der Waals surface area contributed by atoms with Gasteiger partial charge in [0.25, 0.3) is 0 Å². The van der Waals surface area contributed by atoms with Crippen molar-refractivity contribution in [3.05, 3.63) is 24.8 Å². The van der Waals surface area contributed by atoms with Crippen molar-refractivity contribution in [1.29, 1.82) is 0 Å². The first-order valence-corrected chi connectivity index (χ1v) is 4.25. The minimum Gasteiger partial charge on any atom is -0.492 e. The lowest BCUT2D eigenvalue weighted by molar-refractivity contribution is -0.145. The topological polar surface area (TPSA) is 101 Å². The Morgan fingerprint density at radius 3 is 2.50 bits per heavy atom. The average Bonchev–Trinajstić information content (AvgIpc) is 2.57. The first kappa shape index (κ1) is 11.6. The molecule has 1 aromatic heterocycles. The Labute approximate surface area is 90.5 Å². The van der Waals surface area contributed by atoms with Crippen molar-refractivity contribution < 1.29 is 24.6 Å². The van der Waals surface area contributed by atoms with Gasteiger partial charge in [-0.3, -0.25) is 4.79 Å². The molecule has 1 rings (SSSR count). The van der Waals surface area contributed by atoms with Crippen LogP contribution in [-0.4, -0.2) is 33.4 Å². The molecule has 1 amide bonds. The van der Waals surface area contributed by atoms with Crippen molar-refractivity contribution in [2.75, 3.05) is 6.54 Å². The molecule has 0 aliphatic carbocycles. The highest BCUT2D eigenvalue weighted by atomic mass is 16.7. The van der Waals surface area contributed by atoms with E-state index < -0.39 is 30.2 Å². The molecule has 0 aliphatic rings. The zero-order chi connectivity index (χ0) is 12.1. The summed E-state index contributed by atoms with van der Waals surface area (Å²) in [5.41, 5.74) is 0. The molecular formula is C9H10N2O5. The van der Waals surface area contributed by atoms with Gasteiger partial charge in [0.2, 0.25) is 17.7 Å². The Balaban J connectivity index is 2.52. The fourth-order valence-electron chi connectivity index (χ4n) is 0.861. The summed E-state index contributed by atoms with van der Waals surface area (Å²) in [7, 11) is 0. The van der Waals surface area contributed by atoms with E-state index in [2.05, 4.69) is 16.7 Å². The summed E-state index contributed by atoms with van der Waals surface area (Å²) in [6, 6.07) is 2.29. The molecule has 1 aromatic rings. The van der Waals surface area contributed by atoms with Gasteiger partial charge in [-0.1, -0.05) is 6.58 Å². The molecular weight excluding hydrogens is 216 g/mol. The predicted molar refractivity (Wildman–Crippen MR) is 52.6 cm³/mol. The molecule has 0 spiro atoms. The molecule has 7 heteroatoms. The van der Waals surface area contributed by atoms with Crippen molar-refractivity contribution in [2.24, 2.45) is 0 Å². The third kappa shape index (κ3) is 2.77. The maximum Gasteiger partial charge on any atom is 0.352 e. The second-order valence-corrected chi connectivity index (χ2v) is 2.73. The van der Waals surface area contributed by atoms with Crippen LogP contribution in [0.3, 0.4) is 0 Å². The van der Waals surface area contributed by atoms with Gasteiger partial charge in [-0.25, -0.2) is 4.79 Å². The Bertz CT molecular complexity index is 404. The second kappa shape index (κ2) is 4.87. The van der Waals surface area contributed by atoms with E-state index in [1.807, 2.05) is 0 Å². The quantitative estimate of drug-likeness (QED) is 0.581. The summed E-state index contributed by atoms with van der Waals surface area (Å²) in [6.45, 7) is 2.79. The maximum atomic E-state index is 11.1. The van der Waals surface area contributed by atoms with Crippen LogP contribution in [0.5, 0.6) is 11.8 Å². The van der Waals surface area contributed by atoms with Crippen molar-refractivity contribution in [3.63, 3.8) is 0 Å². The van der Waals surface area contributed by atoms with Crippen molar-refractivity contribution in [1.82, 2.24) is 10.0 Å². The maximum absolute atomic E-state index is 11.1. The highest BCUT2D eigenvalue weighted by Crippen LogP contribution is 2.18. The Morgan fingerprint density at radius 2 is 2.00 bits per heavy atom. The molecule has 0 atom stereocenters. The number of rotatable bonds is 4. The van der Waals surface area contributed by atoms with Crippen LogP contribution in [0.1, 0.15) is 0 Å². The fraction of sp³-hybridized carbons (Fsp3) is 0.111. The van der Waals surface area contributed by atoms with E-state index >= 15 is 0 Å². The van der Waals surface area contributed by atoms with Crippen LogP contribution in [0.4, 0.5) is 0 Å². The second-order valence-electron chi connectivity index (χ2n) is 2.73. The van der Waals surface area contributed by atoms with Gasteiger partial charge in [-0.15, -0.1) is 4.73 Å². The molecule has 0 aromatic carbocycles. The monoisotopic (exact) mass is 226 g/mol. The number of hydrogen-bond donors (Lipinski definition) is 3. The highest BCUT2D eigenvalue weighted by Gasteiger charge is 2.12. The van der Waals surface area contributed by atoms with Gasteiger partial charge < -0.3 is 20.4 Å². The minimum absolute atomic E-state index is 0.401. The highest BCUT2D eigenvalue weighted by molar-refractivity contribution is 5.89. The third-order valence-electron chi connectivity index (χ3n) is 1.58. The molecule has 0 unspecified atom stereocenters. The van der Waals surface area contributed by atoms with E-state index in [-0.39, 0.29) is 0 Å². The Morgan fingerprint density at radius 1 is 1.44 bits per heavy atom. The van der Waals surface area contributed by atoms with E-state index in [4.69, 9.17) is 10.2 Å². The number of aromatic hydroxyl groups is 2. The summed E-state index contributed by atoms with van der Waals surface area (Å²) < 4.78 is 0.530. The minimum atomic E-state index is -0.850. The SMILES string of the molecule is C=CC(=O)NCC(=O)On1c(O)ccc1O. The van der Waals surface area contributed by atoms with E-state index in [9.17, 15) is 9.59 Å². The van der Waals surface area contributed by atoms with Crippen LogP contribution in [-0.2, 0) is 9.59 Å². The van der Waals surface area contributed by atoms with Crippen LogP contribution in [0.2, 0.25) is 0 Å². The molecule has 86 valence electrons. The number of nitrogens with zero attached hydrogens (tertiary/aromatic N) is 1. The summed E-state index contributed by atoms with van der Waals surface area (Å²) >= 11 is 0. The van der Waals surface area contributed by atoms with Crippen LogP contribution >= 0.6 is 0 Å². The van der Waals surface area contributed by atoms with Gasteiger partial charge in [0.05, 0.1) is 0 Å². The lowest BCUT2D eigenvalue weighted by Crippen LogP contribution is -2.33. The first-order chi connectivity index (χ1) is 7.54. The van der Waals surface area contributed by atoms with Crippen molar-refractivity contribution in [2.45, 2.75) is 0 Å². The lowest BCUT2D eigenvalue weighted by Gasteiger charge is -2.06. The first-order valence-electron chi connectivity index (χ1n) is 4.25. The van der Waals surface area contributed by atoms with Crippen LogP contribution in [0.25, 0.3) is 0 Å². The third-order valence-corrected chi connectivity index (χ3v) is 1.58. The Hall–Kier alpha value is -2.44. The predicted octanol–water partition coefficient (Wildman–Crippen LogP) is -0.843. The molecule has 0 radical (unpaired) electrons. The van der Waals surface area contributed by atoms with Gasteiger partial charge in [0, 0.05) is 12.1 Å². The van der Waals surface area contributed by atoms with Gasteiger partial charge in [0.1, 0.15) is 6.54 Å². The smallest absolute Gasteiger partial charge is 0.352 e. The van der Waals surface area contributed by atoms with E-state index in [1.165, 1.54) is 0 Å². The van der Waals surface area contributed by atoms with Crippen molar-refractivity contribution in [3.8, 4) is 11.8 Å². The molecule has 7 nitrogen and oxygen atoms in total. The zero-order valence-corrected chi connectivity index (χ0v) is 8.21. The number of hydrogen-bond acceptors (Lipinski definition) is 5. The van der Waals surface area contributed by atoms with E-state index in [0.29, 0.717) is 4.73 Å². The molecule has 3 N–H and O–H groups in total. The molecule has 1 heterocycles. The van der Waals surface area contributed by atoms with Gasteiger partial charge in [-0.2, -0.15) is 0 Å². The average molecular weight is 226 g/mol.